The van der Waals surface area contributed by atoms with Crippen LogP contribution >= 0.6 is 15.9 Å². The van der Waals surface area contributed by atoms with Gasteiger partial charge in [-0.05, 0) is 49.4 Å². The zero-order chi connectivity index (χ0) is 12.4. The van der Waals surface area contributed by atoms with E-state index in [-0.39, 0.29) is 0 Å². The fourth-order valence-electron chi connectivity index (χ4n) is 2.67. The first-order valence-electron chi connectivity index (χ1n) is 6.38. The van der Waals surface area contributed by atoms with Crippen LogP contribution in [0.5, 0.6) is 0 Å². The van der Waals surface area contributed by atoms with Crippen molar-refractivity contribution in [1.29, 1.82) is 0 Å². The topological polar surface area (TPSA) is 29.3 Å². The zero-order valence-corrected chi connectivity index (χ0v) is 12.2. The van der Waals surface area contributed by atoms with Crippen LogP contribution in [0.4, 0.5) is 5.69 Å². The molecule has 2 N–H and O–H groups in total. The Morgan fingerprint density at radius 1 is 1.41 bits per heavy atom. The second-order valence-electron chi connectivity index (χ2n) is 5.03. The lowest BCUT2D eigenvalue weighted by Gasteiger charge is -2.40. The molecule has 0 amide bonds. The minimum atomic E-state index is 0.604. The fourth-order valence-corrected chi connectivity index (χ4v) is 3.08. The van der Waals surface area contributed by atoms with E-state index >= 15 is 0 Å². The quantitative estimate of drug-likeness (QED) is 0.905. The Balaban J connectivity index is 2.32. The maximum Gasteiger partial charge on any atom is 0.0415 e. The van der Waals surface area contributed by atoms with Crippen LogP contribution in [0.1, 0.15) is 32.3 Å². The zero-order valence-electron chi connectivity index (χ0n) is 10.6. The molecule has 0 bridgehead atoms. The van der Waals surface area contributed by atoms with E-state index in [4.69, 9.17) is 5.73 Å². The molecule has 1 aliphatic rings. The molecule has 17 heavy (non-hydrogen) atoms. The summed E-state index contributed by atoms with van der Waals surface area (Å²) in [5, 5.41) is 0. The van der Waals surface area contributed by atoms with Crippen molar-refractivity contribution in [3.8, 4) is 0 Å². The number of nitrogens with two attached hydrogens (primary N) is 1. The molecular formula is C14H21BrN2. The molecule has 1 aromatic rings. The molecule has 2 unspecified atom stereocenters. The predicted molar refractivity (Wildman–Crippen MR) is 77.2 cm³/mol. The minimum absolute atomic E-state index is 0.604. The maximum atomic E-state index is 5.86. The number of piperidine rings is 1. The standard InChI is InChI=1S/C14H21BrN2/c1-10-4-3-7-17(11(10)2)14-6-5-13(15)8-12(14)9-16/h5-6,8,10-11H,3-4,7,9,16H2,1-2H3. The van der Waals surface area contributed by atoms with E-state index in [1.54, 1.807) is 0 Å². The predicted octanol–water partition coefficient (Wildman–Crippen LogP) is 3.53. The third-order valence-corrected chi connectivity index (χ3v) is 4.44. The van der Waals surface area contributed by atoms with E-state index in [0.29, 0.717) is 12.6 Å². The van der Waals surface area contributed by atoms with Gasteiger partial charge in [-0.25, -0.2) is 0 Å². The van der Waals surface area contributed by atoms with Crippen LogP contribution in [0.15, 0.2) is 22.7 Å². The Kier molecular flexibility index (Phi) is 4.10. The molecule has 0 aromatic heterocycles. The SMILES string of the molecule is CC1CCCN(c2ccc(Br)cc2CN)C1C. The van der Waals surface area contributed by atoms with Crippen LogP contribution in [0.25, 0.3) is 0 Å². The molecule has 0 radical (unpaired) electrons. The van der Waals surface area contributed by atoms with Gasteiger partial charge in [-0.1, -0.05) is 22.9 Å². The molecule has 2 atom stereocenters. The molecule has 1 heterocycles. The van der Waals surface area contributed by atoms with E-state index in [0.717, 1.165) is 16.9 Å². The number of rotatable bonds is 2. The molecule has 0 saturated carbocycles. The Bertz CT molecular complexity index is 392. The molecule has 94 valence electrons. The Hall–Kier alpha value is -0.540. The maximum absolute atomic E-state index is 5.86. The van der Waals surface area contributed by atoms with Gasteiger partial charge in [0, 0.05) is 29.3 Å². The number of halogens is 1. The molecule has 0 spiro atoms. The molecule has 0 aliphatic carbocycles. The third kappa shape index (κ3) is 2.66. The normalized spacial score (nSPS) is 25.1. The first-order chi connectivity index (χ1) is 8.13. The third-order valence-electron chi connectivity index (χ3n) is 3.94. The van der Waals surface area contributed by atoms with Gasteiger partial charge in [0.1, 0.15) is 0 Å². The summed E-state index contributed by atoms with van der Waals surface area (Å²) < 4.78 is 1.11. The molecule has 3 heteroatoms. The lowest BCUT2D eigenvalue weighted by atomic mass is 9.91. The highest BCUT2D eigenvalue weighted by Crippen LogP contribution is 2.32. The summed E-state index contributed by atoms with van der Waals surface area (Å²) in [6.07, 6.45) is 2.62. The van der Waals surface area contributed by atoms with Gasteiger partial charge in [-0.2, -0.15) is 0 Å². The summed E-state index contributed by atoms with van der Waals surface area (Å²) in [5.74, 6) is 0.762. The Morgan fingerprint density at radius 2 is 2.18 bits per heavy atom. The largest absolute Gasteiger partial charge is 0.368 e. The van der Waals surface area contributed by atoms with Gasteiger partial charge < -0.3 is 10.6 Å². The summed E-state index contributed by atoms with van der Waals surface area (Å²) >= 11 is 3.51. The van der Waals surface area contributed by atoms with Gasteiger partial charge in [0.15, 0.2) is 0 Å². The number of benzene rings is 1. The molecule has 1 saturated heterocycles. The van der Waals surface area contributed by atoms with E-state index in [1.165, 1.54) is 24.1 Å². The van der Waals surface area contributed by atoms with Crippen molar-refractivity contribution in [1.82, 2.24) is 0 Å². The van der Waals surface area contributed by atoms with E-state index in [1.807, 2.05) is 0 Å². The molecular weight excluding hydrogens is 276 g/mol. The monoisotopic (exact) mass is 296 g/mol. The first-order valence-corrected chi connectivity index (χ1v) is 7.18. The number of hydrogen-bond donors (Lipinski definition) is 1. The smallest absolute Gasteiger partial charge is 0.0415 e. The van der Waals surface area contributed by atoms with E-state index in [9.17, 15) is 0 Å². The summed E-state index contributed by atoms with van der Waals surface area (Å²) in [6, 6.07) is 7.05. The van der Waals surface area contributed by atoms with Crippen LogP contribution in [0.3, 0.4) is 0 Å². The lowest BCUT2D eigenvalue weighted by molar-refractivity contribution is 0.363. The van der Waals surface area contributed by atoms with Crippen molar-refractivity contribution in [3.63, 3.8) is 0 Å². The van der Waals surface area contributed by atoms with Gasteiger partial charge in [-0.3, -0.25) is 0 Å². The number of hydrogen-bond acceptors (Lipinski definition) is 2. The number of anilines is 1. The van der Waals surface area contributed by atoms with Crippen LogP contribution in [0, 0.1) is 5.92 Å². The number of nitrogens with zero attached hydrogens (tertiary/aromatic N) is 1. The molecule has 2 rings (SSSR count). The van der Waals surface area contributed by atoms with E-state index in [2.05, 4.69) is 52.9 Å². The van der Waals surface area contributed by atoms with Crippen LogP contribution in [-0.4, -0.2) is 12.6 Å². The lowest BCUT2D eigenvalue weighted by Crippen LogP contribution is -2.43. The van der Waals surface area contributed by atoms with Gasteiger partial charge in [0.05, 0.1) is 0 Å². The molecule has 1 aromatic carbocycles. The van der Waals surface area contributed by atoms with Crippen LogP contribution in [-0.2, 0) is 6.54 Å². The van der Waals surface area contributed by atoms with Gasteiger partial charge in [-0.15, -0.1) is 0 Å². The average molecular weight is 297 g/mol. The van der Waals surface area contributed by atoms with Crippen molar-refractivity contribution in [2.75, 3.05) is 11.4 Å². The van der Waals surface area contributed by atoms with Crippen molar-refractivity contribution < 1.29 is 0 Å². The highest BCUT2D eigenvalue weighted by molar-refractivity contribution is 9.10. The average Bonchev–Trinajstić information content (AvgIpc) is 2.33. The highest BCUT2D eigenvalue weighted by atomic mass is 79.9. The molecule has 1 aliphatic heterocycles. The summed E-state index contributed by atoms with van der Waals surface area (Å²) in [5.41, 5.74) is 8.41. The Morgan fingerprint density at radius 3 is 2.88 bits per heavy atom. The minimum Gasteiger partial charge on any atom is -0.368 e. The fraction of sp³-hybridized carbons (Fsp3) is 0.571. The summed E-state index contributed by atoms with van der Waals surface area (Å²) in [6.45, 7) is 6.43. The van der Waals surface area contributed by atoms with Crippen molar-refractivity contribution >= 4 is 21.6 Å². The van der Waals surface area contributed by atoms with Crippen molar-refractivity contribution in [2.24, 2.45) is 11.7 Å². The van der Waals surface area contributed by atoms with Gasteiger partial charge in [0.25, 0.3) is 0 Å². The van der Waals surface area contributed by atoms with Crippen molar-refractivity contribution in [2.45, 2.75) is 39.3 Å². The molecule has 2 nitrogen and oxygen atoms in total. The second kappa shape index (κ2) is 5.40. The second-order valence-corrected chi connectivity index (χ2v) is 5.95. The molecule has 1 fully saturated rings. The summed E-state index contributed by atoms with van der Waals surface area (Å²) in [7, 11) is 0. The van der Waals surface area contributed by atoms with Gasteiger partial charge in [0.2, 0.25) is 0 Å². The van der Waals surface area contributed by atoms with Crippen LogP contribution in [0.2, 0.25) is 0 Å². The van der Waals surface area contributed by atoms with Gasteiger partial charge >= 0.3 is 0 Å². The summed E-state index contributed by atoms with van der Waals surface area (Å²) in [4.78, 5) is 2.52. The van der Waals surface area contributed by atoms with Crippen LogP contribution < -0.4 is 10.6 Å². The van der Waals surface area contributed by atoms with Crippen molar-refractivity contribution in [3.05, 3.63) is 28.2 Å². The Labute approximate surface area is 112 Å². The highest BCUT2D eigenvalue weighted by Gasteiger charge is 2.25. The van der Waals surface area contributed by atoms with E-state index < -0.39 is 0 Å². The first kappa shape index (κ1) is 12.9.